The van der Waals surface area contributed by atoms with Crippen LogP contribution < -0.4 is 13.7 Å². The molecule has 0 atom stereocenters. The zero-order valence-electron chi connectivity index (χ0n) is 13.3. The van der Waals surface area contributed by atoms with Gasteiger partial charge in [-0.2, -0.15) is 8.42 Å². The van der Waals surface area contributed by atoms with Crippen molar-refractivity contribution in [2.75, 3.05) is 14.2 Å². The Labute approximate surface area is 139 Å². The highest BCUT2D eigenvalue weighted by molar-refractivity contribution is 7.87. The van der Waals surface area contributed by atoms with Crippen molar-refractivity contribution in [1.82, 2.24) is 0 Å². The van der Waals surface area contributed by atoms with E-state index in [2.05, 4.69) is 0 Å². The average Bonchev–Trinajstić information content (AvgIpc) is 2.54. The maximum atomic E-state index is 12.4. The molecule has 2 aromatic rings. The summed E-state index contributed by atoms with van der Waals surface area (Å²) in [7, 11) is -1.60. The van der Waals surface area contributed by atoms with Crippen molar-refractivity contribution < 1.29 is 32.0 Å². The number of benzene rings is 2. The first-order valence-corrected chi connectivity index (χ1v) is 8.20. The number of hydrogen-bond donors (Lipinski definition) is 1. The van der Waals surface area contributed by atoms with Crippen LogP contribution in [0.25, 0.3) is 0 Å². The quantitative estimate of drug-likeness (QED) is 0.797. The monoisotopic (exact) mass is 352 g/mol. The molecular formula is C16H16O7S. The number of rotatable bonds is 6. The molecule has 0 bridgehead atoms. The fraction of sp³-hybridized carbons (Fsp3) is 0.188. The molecule has 0 unspecified atom stereocenters. The van der Waals surface area contributed by atoms with Gasteiger partial charge in [0.25, 0.3) is 0 Å². The van der Waals surface area contributed by atoms with Gasteiger partial charge in [0, 0.05) is 0 Å². The lowest BCUT2D eigenvalue weighted by molar-refractivity contribution is 0.0696. The van der Waals surface area contributed by atoms with Crippen molar-refractivity contribution in [1.29, 1.82) is 0 Å². The van der Waals surface area contributed by atoms with E-state index in [4.69, 9.17) is 18.8 Å². The minimum atomic E-state index is -4.14. The van der Waals surface area contributed by atoms with Gasteiger partial charge in [0.05, 0.1) is 19.8 Å². The molecule has 0 fully saturated rings. The normalized spacial score (nSPS) is 11.0. The highest BCUT2D eigenvalue weighted by atomic mass is 32.2. The van der Waals surface area contributed by atoms with Gasteiger partial charge in [0.1, 0.15) is 4.90 Å². The summed E-state index contributed by atoms with van der Waals surface area (Å²) in [5, 5.41) is 9.08. The number of aryl methyl sites for hydroxylation is 1. The van der Waals surface area contributed by atoms with E-state index in [0.29, 0.717) is 0 Å². The summed E-state index contributed by atoms with van der Waals surface area (Å²) in [6.07, 6.45) is 0. The van der Waals surface area contributed by atoms with E-state index in [9.17, 15) is 13.2 Å². The molecule has 0 heterocycles. The molecule has 8 heteroatoms. The minimum Gasteiger partial charge on any atom is -0.493 e. The Morgan fingerprint density at radius 3 is 1.92 bits per heavy atom. The minimum absolute atomic E-state index is 0.0421. The second-order valence-corrected chi connectivity index (χ2v) is 6.41. The van der Waals surface area contributed by atoms with Gasteiger partial charge in [-0.25, -0.2) is 4.79 Å². The Bertz CT molecular complexity index is 829. The molecule has 0 radical (unpaired) electrons. The molecule has 128 valence electrons. The van der Waals surface area contributed by atoms with Crippen LogP contribution >= 0.6 is 0 Å². The van der Waals surface area contributed by atoms with Crippen LogP contribution in [-0.4, -0.2) is 33.7 Å². The molecule has 2 aromatic carbocycles. The van der Waals surface area contributed by atoms with Gasteiger partial charge in [-0.15, -0.1) is 0 Å². The zero-order valence-corrected chi connectivity index (χ0v) is 14.1. The van der Waals surface area contributed by atoms with Gasteiger partial charge in [-0.05, 0) is 31.2 Å². The molecule has 0 saturated carbocycles. The standard InChI is InChI=1S/C16H16O7S/c1-10-4-6-12(7-5-10)24(19,20)23-15-13(21-2)8-11(16(17)18)9-14(15)22-3/h4-9H,1-3H3,(H,17,18). The van der Waals surface area contributed by atoms with Crippen LogP contribution in [0.3, 0.4) is 0 Å². The number of carboxylic acid groups (broad SMARTS) is 1. The summed E-state index contributed by atoms with van der Waals surface area (Å²) in [5.41, 5.74) is 0.777. The van der Waals surface area contributed by atoms with E-state index in [1.165, 1.54) is 26.4 Å². The summed E-state index contributed by atoms with van der Waals surface area (Å²) >= 11 is 0. The molecule has 0 aliphatic heterocycles. The Balaban J connectivity index is 2.51. The fourth-order valence-corrected chi connectivity index (χ4v) is 2.90. The molecule has 0 amide bonds. The lowest BCUT2D eigenvalue weighted by Gasteiger charge is -2.15. The molecule has 0 saturated heterocycles. The van der Waals surface area contributed by atoms with Crippen LogP contribution in [0.1, 0.15) is 15.9 Å². The smallest absolute Gasteiger partial charge is 0.339 e. The number of ether oxygens (including phenoxy) is 2. The summed E-state index contributed by atoms with van der Waals surface area (Å²) in [6.45, 7) is 1.83. The topological polar surface area (TPSA) is 99.1 Å². The van der Waals surface area contributed by atoms with Crippen LogP contribution in [0.15, 0.2) is 41.3 Å². The van der Waals surface area contributed by atoms with Gasteiger partial charge >= 0.3 is 16.1 Å². The van der Waals surface area contributed by atoms with Crippen LogP contribution in [0.5, 0.6) is 17.2 Å². The molecule has 7 nitrogen and oxygen atoms in total. The molecule has 1 N–H and O–H groups in total. The first-order chi connectivity index (χ1) is 11.3. The summed E-state index contributed by atoms with van der Waals surface area (Å²) < 4.78 is 40.1. The molecule has 0 aromatic heterocycles. The number of carboxylic acids is 1. The average molecular weight is 352 g/mol. The molecule has 2 rings (SSSR count). The maximum absolute atomic E-state index is 12.4. The van der Waals surface area contributed by atoms with E-state index in [0.717, 1.165) is 17.7 Å². The molecule has 0 aliphatic rings. The predicted molar refractivity (Wildman–Crippen MR) is 85.5 cm³/mol. The molecule has 24 heavy (non-hydrogen) atoms. The van der Waals surface area contributed by atoms with E-state index in [-0.39, 0.29) is 27.7 Å². The second kappa shape index (κ2) is 6.79. The SMILES string of the molecule is COc1cc(C(=O)O)cc(OC)c1OS(=O)(=O)c1ccc(C)cc1. The Hall–Kier alpha value is -2.74. The van der Waals surface area contributed by atoms with Crippen molar-refractivity contribution in [2.24, 2.45) is 0 Å². The van der Waals surface area contributed by atoms with Crippen molar-refractivity contribution in [3.05, 3.63) is 47.5 Å². The third-order valence-electron chi connectivity index (χ3n) is 3.21. The van der Waals surface area contributed by atoms with Gasteiger partial charge in [-0.3, -0.25) is 0 Å². The van der Waals surface area contributed by atoms with Crippen LogP contribution in [0.4, 0.5) is 0 Å². The van der Waals surface area contributed by atoms with Gasteiger partial charge < -0.3 is 18.8 Å². The van der Waals surface area contributed by atoms with Crippen molar-refractivity contribution in [3.63, 3.8) is 0 Å². The fourth-order valence-electron chi connectivity index (χ4n) is 1.95. The van der Waals surface area contributed by atoms with Crippen molar-refractivity contribution >= 4 is 16.1 Å². The van der Waals surface area contributed by atoms with E-state index < -0.39 is 16.1 Å². The number of hydrogen-bond acceptors (Lipinski definition) is 6. The van der Waals surface area contributed by atoms with Gasteiger partial charge in [0.15, 0.2) is 11.5 Å². The van der Waals surface area contributed by atoms with Gasteiger partial charge in [0.2, 0.25) is 5.75 Å². The van der Waals surface area contributed by atoms with E-state index in [1.54, 1.807) is 12.1 Å². The third-order valence-corrected chi connectivity index (χ3v) is 4.45. The van der Waals surface area contributed by atoms with E-state index in [1.807, 2.05) is 6.92 Å². The predicted octanol–water partition coefficient (Wildman–Crippen LogP) is 2.48. The third kappa shape index (κ3) is 3.60. The van der Waals surface area contributed by atoms with Gasteiger partial charge in [-0.1, -0.05) is 17.7 Å². The molecule has 0 aliphatic carbocycles. The van der Waals surface area contributed by atoms with E-state index >= 15 is 0 Å². The summed E-state index contributed by atoms with van der Waals surface area (Å²) in [6, 6.07) is 8.41. The van der Waals surface area contributed by atoms with Crippen molar-refractivity contribution in [2.45, 2.75) is 11.8 Å². The highest BCUT2D eigenvalue weighted by Crippen LogP contribution is 2.40. The number of methoxy groups -OCH3 is 2. The number of aromatic carboxylic acids is 1. The Morgan fingerprint density at radius 1 is 1.00 bits per heavy atom. The van der Waals surface area contributed by atoms with Crippen LogP contribution in [-0.2, 0) is 10.1 Å². The Kier molecular flexibility index (Phi) is 4.99. The lowest BCUT2D eigenvalue weighted by atomic mass is 10.2. The zero-order chi connectivity index (χ0) is 17.9. The molecule has 0 spiro atoms. The molecular weight excluding hydrogens is 336 g/mol. The summed E-state index contributed by atoms with van der Waals surface area (Å²) in [4.78, 5) is 11.1. The number of carbonyl (C=O) groups is 1. The van der Waals surface area contributed by atoms with Crippen LogP contribution in [0.2, 0.25) is 0 Å². The van der Waals surface area contributed by atoms with Crippen LogP contribution in [0, 0.1) is 6.92 Å². The largest absolute Gasteiger partial charge is 0.493 e. The maximum Gasteiger partial charge on any atom is 0.339 e. The second-order valence-electron chi connectivity index (χ2n) is 4.87. The summed E-state index contributed by atoms with van der Waals surface area (Å²) in [5.74, 6) is -1.56. The first kappa shape index (κ1) is 17.6. The highest BCUT2D eigenvalue weighted by Gasteiger charge is 2.24. The first-order valence-electron chi connectivity index (χ1n) is 6.79. The lowest BCUT2D eigenvalue weighted by Crippen LogP contribution is -2.12. The van der Waals surface area contributed by atoms with Crippen molar-refractivity contribution in [3.8, 4) is 17.2 Å². The Morgan fingerprint density at radius 2 is 1.50 bits per heavy atom.